The Morgan fingerprint density at radius 1 is 1.35 bits per heavy atom. The van der Waals surface area contributed by atoms with Gasteiger partial charge in [0, 0.05) is 0 Å². The summed E-state index contributed by atoms with van der Waals surface area (Å²) in [7, 11) is 1.09. The van der Waals surface area contributed by atoms with Crippen molar-refractivity contribution in [3.63, 3.8) is 0 Å². The Morgan fingerprint density at radius 2 is 2.00 bits per heavy atom. The molecule has 1 aromatic rings. The van der Waals surface area contributed by atoms with E-state index in [0.717, 1.165) is 25.3 Å². The summed E-state index contributed by atoms with van der Waals surface area (Å²) in [4.78, 5) is 21.4. The number of halogens is 3. The van der Waals surface area contributed by atoms with Gasteiger partial charge in [-0.25, -0.2) is 4.79 Å². The van der Waals surface area contributed by atoms with Crippen LogP contribution in [0.1, 0.15) is 10.4 Å². The quantitative estimate of drug-likeness (QED) is 0.610. The van der Waals surface area contributed by atoms with Crippen molar-refractivity contribution in [1.82, 2.24) is 0 Å². The molecule has 17 heavy (non-hydrogen) atoms. The molecule has 8 heteroatoms. The van der Waals surface area contributed by atoms with Crippen molar-refractivity contribution in [2.75, 3.05) is 7.11 Å². The normalized spacial score (nSPS) is 10.8. The molecule has 0 heterocycles. The fourth-order valence-corrected chi connectivity index (χ4v) is 1.04. The lowest BCUT2D eigenvalue weighted by atomic mass is 10.2. The molecule has 0 atom stereocenters. The minimum atomic E-state index is -4.94. The van der Waals surface area contributed by atoms with Gasteiger partial charge >= 0.3 is 12.3 Å². The Hall–Kier alpha value is -2.12. The first kappa shape index (κ1) is 12.9. The number of hydrogen-bond donors (Lipinski definition) is 0. The number of nitrogens with zero attached hydrogens (tertiary/aromatic N) is 1. The summed E-state index contributed by atoms with van der Waals surface area (Å²) in [6.45, 7) is 0. The van der Waals surface area contributed by atoms with E-state index in [1.807, 2.05) is 0 Å². The third-order valence-corrected chi connectivity index (χ3v) is 1.70. The molecular weight excluding hydrogens is 243 g/mol. The maximum Gasteiger partial charge on any atom is 0.573 e. The molecule has 1 rings (SSSR count). The SMILES string of the molecule is COC(=O)c1ccc(OC(F)(F)F)c(N=O)c1. The number of benzene rings is 1. The van der Waals surface area contributed by atoms with Crippen molar-refractivity contribution in [1.29, 1.82) is 0 Å². The molecule has 92 valence electrons. The van der Waals surface area contributed by atoms with Gasteiger partial charge in [0.15, 0.2) is 11.4 Å². The lowest BCUT2D eigenvalue weighted by Gasteiger charge is -2.10. The summed E-state index contributed by atoms with van der Waals surface area (Å²) in [5.74, 6) is -1.58. The first-order chi connectivity index (χ1) is 7.87. The number of rotatable bonds is 3. The van der Waals surface area contributed by atoms with Crippen LogP contribution < -0.4 is 4.74 Å². The second-order valence-corrected chi connectivity index (χ2v) is 2.81. The van der Waals surface area contributed by atoms with Crippen LogP contribution in [0.2, 0.25) is 0 Å². The van der Waals surface area contributed by atoms with Crippen LogP contribution in [0.3, 0.4) is 0 Å². The smallest absolute Gasteiger partial charge is 0.465 e. The van der Waals surface area contributed by atoms with Crippen molar-refractivity contribution in [2.45, 2.75) is 6.36 Å². The van der Waals surface area contributed by atoms with Crippen molar-refractivity contribution in [2.24, 2.45) is 5.18 Å². The molecule has 0 saturated heterocycles. The van der Waals surface area contributed by atoms with Gasteiger partial charge in [0.2, 0.25) is 0 Å². The molecule has 0 aromatic heterocycles. The number of carbonyl (C=O) groups excluding carboxylic acids is 1. The largest absolute Gasteiger partial charge is 0.573 e. The molecule has 1 aromatic carbocycles. The summed E-state index contributed by atoms with van der Waals surface area (Å²) in [6.07, 6.45) is -4.94. The third kappa shape index (κ3) is 3.44. The van der Waals surface area contributed by atoms with E-state index in [2.05, 4.69) is 14.7 Å². The standard InChI is InChI=1S/C9H6F3NO4/c1-16-8(14)5-2-3-7(6(4-5)13-15)17-9(10,11)12/h2-4H,1H3. The van der Waals surface area contributed by atoms with E-state index in [-0.39, 0.29) is 5.56 Å². The maximum absolute atomic E-state index is 11.9. The predicted molar refractivity (Wildman–Crippen MR) is 49.9 cm³/mol. The Kier molecular flexibility index (Phi) is 3.66. The molecule has 0 bridgehead atoms. The number of esters is 1. The highest BCUT2D eigenvalue weighted by Crippen LogP contribution is 2.33. The van der Waals surface area contributed by atoms with Gasteiger partial charge in [-0.2, -0.15) is 0 Å². The second kappa shape index (κ2) is 4.81. The van der Waals surface area contributed by atoms with Gasteiger partial charge < -0.3 is 9.47 Å². The van der Waals surface area contributed by atoms with Gasteiger partial charge in [-0.15, -0.1) is 18.1 Å². The second-order valence-electron chi connectivity index (χ2n) is 2.81. The van der Waals surface area contributed by atoms with Crippen LogP contribution in [-0.2, 0) is 4.74 Å². The van der Waals surface area contributed by atoms with E-state index in [1.165, 1.54) is 0 Å². The molecule has 0 aliphatic rings. The van der Waals surface area contributed by atoms with Gasteiger partial charge in [-0.05, 0) is 23.4 Å². The summed E-state index contributed by atoms with van der Waals surface area (Å²) in [5.41, 5.74) is -0.734. The lowest BCUT2D eigenvalue weighted by molar-refractivity contribution is -0.274. The van der Waals surface area contributed by atoms with Crippen LogP contribution in [0.4, 0.5) is 18.9 Å². The number of methoxy groups -OCH3 is 1. The third-order valence-electron chi connectivity index (χ3n) is 1.70. The molecule has 0 fully saturated rings. The summed E-state index contributed by atoms with van der Waals surface area (Å²) < 4.78 is 43.7. The Morgan fingerprint density at radius 3 is 2.47 bits per heavy atom. The zero-order valence-electron chi connectivity index (χ0n) is 8.45. The van der Waals surface area contributed by atoms with Crippen LogP contribution in [0.25, 0.3) is 0 Å². The maximum atomic E-state index is 11.9. The molecule has 5 nitrogen and oxygen atoms in total. The molecule has 0 aliphatic heterocycles. The van der Waals surface area contributed by atoms with E-state index in [9.17, 15) is 22.9 Å². The number of alkyl halides is 3. The highest BCUT2D eigenvalue weighted by molar-refractivity contribution is 5.90. The Balaban J connectivity index is 3.10. The summed E-state index contributed by atoms with van der Waals surface area (Å²) >= 11 is 0. The topological polar surface area (TPSA) is 65.0 Å². The van der Waals surface area contributed by atoms with E-state index in [1.54, 1.807) is 0 Å². The average molecular weight is 249 g/mol. The van der Waals surface area contributed by atoms with Gasteiger partial charge in [-0.1, -0.05) is 0 Å². The fraction of sp³-hybridized carbons (Fsp3) is 0.222. The van der Waals surface area contributed by atoms with Gasteiger partial charge in [0.1, 0.15) is 0 Å². The highest BCUT2D eigenvalue weighted by Gasteiger charge is 2.32. The fourth-order valence-electron chi connectivity index (χ4n) is 1.04. The van der Waals surface area contributed by atoms with Crippen molar-refractivity contribution >= 4 is 11.7 Å². The number of carbonyl (C=O) groups is 1. The summed E-state index contributed by atoms with van der Waals surface area (Å²) in [6, 6.07) is 2.69. The zero-order chi connectivity index (χ0) is 13.1. The number of hydrogen-bond acceptors (Lipinski definition) is 5. The molecule has 0 N–H and O–H groups in total. The van der Waals surface area contributed by atoms with Gasteiger partial charge in [0.25, 0.3) is 0 Å². The zero-order valence-corrected chi connectivity index (χ0v) is 8.45. The molecule has 0 spiro atoms. The summed E-state index contributed by atoms with van der Waals surface area (Å²) in [5, 5.41) is 2.35. The van der Waals surface area contributed by atoms with Crippen LogP contribution in [0.5, 0.6) is 5.75 Å². The van der Waals surface area contributed by atoms with Crippen LogP contribution in [-0.4, -0.2) is 19.4 Å². The first-order valence-corrected chi connectivity index (χ1v) is 4.19. The minimum absolute atomic E-state index is 0.100. The van der Waals surface area contributed by atoms with E-state index < -0.39 is 23.8 Å². The molecule has 0 unspecified atom stereocenters. The Bertz CT molecular complexity index is 444. The van der Waals surface area contributed by atoms with Crippen LogP contribution in [0.15, 0.2) is 23.4 Å². The molecule has 0 amide bonds. The molecule has 0 radical (unpaired) electrons. The van der Waals surface area contributed by atoms with E-state index in [0.29, 0.717) is 0 Å². The monoisotopic (exact) mass is 249 g/mol. The number of ether oxygens (including phenoxy) is 2. The minimum Gasteiger partial charge on any atom is -0.465 e. The molecule has 0 aliphatic carbocycles. The van der Waals surface area contributed by atoms with Crippen molar-refractivity contribution in [3.8, 4) is 5.75 Å². The first-order valence-electron chi connectivity index (χ1n) is 4.19. The highest BCUT2D eigenvalue weighted by atomic mass is 19.4. The lowest BCUT2D eigenvalue weighted by Crippen LogP contribution is -2.17. The van der Waals surface area contributed by atoms with Crippen LogP contribution in [0, 0.1) is 4.91 Å². The van der Waals surface area contributed by atoms with Crippen LogP contribution >= 0.6 is 0 Å². The number of nitroso groups, excluding NO2 is 1. The Labute approximate surface area is 93.1 Å². The van der Waals surface area contributed by atoms with Gasteiger partial charge in [0.05, 0.1) is 12.7 Å². The average Bonchev–Trinajstić information content (AvgIpc) is 2.26. The molecule has 0 saturated carbocycles. The van der Waals surface area contributed by atoms with Gasteiger partial charge in [-0.3, -0.25) is 0 Å². The van der Waals surface area contributed by atoms with Crippen molar-refractivity contribution < 1.29 is 27.4 Å². The van der Waals surface area contributed by atoms with E-state index in [4.69, 9.17) is 0 Å². The van der Waals surface area contributed by atoms with E-state index >= 15 is 0 Å². The van der Waals surface area contributed by atoms with Crippen molar-refractivity contribution in [3.05, 3.63) is 28.7 Å². The predicted octanol–water partition coefficient (Wildman–Crippen LogP) is 2.77. The molecular formula is C9H6F3NO4.